The number of aryl methyl sites for hydroxylation is 2. The molecule has 0 fully saturated rings. The van der Waals surface area contributed by atoms with Crippen LogP contribution in [0.1, 0.15) is 37.5 Å². The van der Waals surface area contributed by atoms with Gasteiger partial charge in [-0.1, -0.05) is 38.4 Å². The van der Waals surface area contributed by atoms with Crippen LogP contribution in [0.5, 0.6) is 5.75 Å². The van der Waals surface area contributed by atoms with E-state index in [4.69, 9.17) is 16.3 Å². The highest BCUT2D eigenvalue weighted by atomic mass is 35.5. The largest absolute Gasteiger partial charge is 0.419 e. The third-order valence-corrected chi connectivity index (χ3v) is 4.15. The topological polar surface area (TPSA) is 29.5 Å². The van der Waals surface area contributed by atoms with Crippen molar-refractivity contribution in [3.63, 3.8) is 0 Å². The van der Waals surface area contributed by atoms with Gasteiger partial charge in [-0.05, 0) is 66.3 Å². The molecule has 0 saturated carbocycles. The molecule has 0 heterocycles. The summed E-state index contributed by atoms with van der Waals surface area (Å²) in [5.74, 6) is 0.491. The molecule has 0 aliphatic heterocycles. The van der Waals surface area contributed by atoms with Crippen LogP contribution in [0.2, 0.25) is 5.02 Å². The molecule has 4 heteroatoms. The Bertz CT molecular complexity index is 742. The molecule has 0 saturated heterocycles. The second kappa shape index (κ2) is 6.86. The Morgan fingerprint density at radius 2 is 1.62 bits per heavy atom. The number of ether oxygens (including phenoxy) is 1. The number of carbonyl (C=O) groups excluding carboxylic acids is 1. The van der Waals surface area contributed by atoms with Crippen molar-refractivity contribution in [1.82, 2.24) is 0 Å². The van der Waals surface area contributed by atoms with Crippen LogP contribution in [0.15, 0.2) is 36.4 Å². The lowest BCUT2D eigenvalue weighted by Crippen LogP contribution is -2.29. The van der Waals surface area contributed by atoms with Gasteiger partial charge in [0.25, 0.3) is 0 Å². The lowest BCUT2D eigenvalue weighted by atomic mass is 9.87. The van der Waals surface area contributed by atoms with E-state index in [1.807, 2.05) is 32.0 Å². The maximum Gasteiger partial charge on any atom is 0.419 e. The summed E-state index contributed by atoms with van der Waals surface area (Å²) in [6, 6.07) is 11.3. The van der Waals surface area contributed by atoms with Gasteiger partial charge >= 0.3 is 6.09 Å². The van der Waals surface area contributed by atoms with Crippen LogP contribution in [0.25, 0.3) is 0 Å². The fourth-order valence-corrected chi connectivity index (χ4v) is 2.96. The molecule has 2 rings (SSSR count). The molecule has 0 aliphatic carbocycles. The van der Waals surface area contributed by atoms with E-state index in [-0.39, 0.29) is 5.41 Å². The van der Waals surface area contributed by atoms with E-state index >= 15 is 0 Å². The van der Waals surface area contributed by atoms with Crippen LogP contribution in [0.4, 0.5) is 10.5 Å². The Kier molecular flexibility index (Phi) is 5.24. The third kappa shape index (κ3) is 4.30. The van der Waals surface area contributed by atoms with E-state index in [0.29, 0.717) is 10.8 Å². The molecule has 1 amide bonds. The molecule has 128 valence electrons. The molecule has 0 aromatic heterocycles. The molecule has 2 aromatic carbocycles. The summed E-state index contributed by atoms with van der Waals surface area (Å²) < 4.78 is 5.53. The highest BCUT2D eigenvalue weighted by Gasteiger charge is 2.20. The maximum absolute atomic E-state index is 12.5. The minimum absolute atomic E-state index is 0.126. The van der Waals surface area contributed by atoms with Gasteiger partial charge in [-0.15, -0.1) is 0 Å². The van der Waals surface area contributed by atoms with E-state index in [0.717, 1.165) is 22.4 Å². The molecule has 0 bridgehead atoms. The Labute approximate surface area is 149 Å². The first kappa shape index (κ1) is 18.3. The summed E-state index contributed by atoms with van der Waals surface area (Å²) in [7, 11) is 1.71. The SMILES string of the molecule is Cc1cc(C)cc(N(C)C(=O)Oc2ccc(Cl)c(C(C)(C)C)c2)c1. The first-order valence-corrected chi connectivity index (χ1v) is 8.29. The quantitative estimate of drug-likeness (QED) is 0.679. The van der Waals surface area contributed by atoms with Gasteiger partial charge in [-0.2, -0.15) is 0 Å². The molecule has 2 aromatic rings. The first-order chi connectivity index (χ1) is 11.1. The monoisotopic (exact) mass is 345 g/mol. The molecule has 3 nitrogen and oxygen atoms in total. The molecule has 0 N–H and O–H groups in total. The molecular weight excluding hydrogens is 322 g/mol. The zero-order chi connectivity index (χ0) is 18.1. The number of halogens is 1. The van der Waals surface area contributed by atoms with Crippen LogP contribution in [0.3, 0.4) is 0 Å². The van der Waals surface area contributed by atoms with Crippen molar-refractivity contribution in [1.29, 1.82) is 0 Å². The van der Waals surface area contributed by atoms with Gasteiger partial charge in [0.05, 0.1) is 0 Å². The minimum Gasteiger partial charge on any atom is -0.410 e. The van der Waals surface area contributed by atoms with Crippen LogP contribution in [-0.4, -0.2) is 13.1 Å². The molecule has 0 aliphatic rings. The highest BCUT2D eigenvalue weighted by Crippen LogP contribution is 2.32. The van der Waals surface area contributed by atoms with E-state index < -0.39 is 6.09 Å². The standard InChI is InChI=1S/C20H24ClNO2/c1-13-9-14(2)11-15(10-13)22(6)19(23)24-16-7-8-18(21)17(12-16)20(3,4)5/h7-12H,1-6H3. The smallest absolute Gasteiger partial charge is 0.410 e. The molecule has 0 spiro atoms. The molecule has 0 atom stereocenters. The number of hydrogen-bond acceptors (Lipinski definition) is 2. The van der Waals surface area contributed by atoms with Gasteiger partial charge in [-0.3, -0.25) is 4.90 Å². The Morgan fingerprint density at radius 3 is 2.17 bits per heavy atom. The van der Waals surface area contributed by atoms with E-state index in [1.54, 1.807) is 19.2 Å². The Morgan fingerprint density at radius 1 is 1.04 bits per heavy atom. The van der Waals surface area contributed by atoms with Gasteiger partial charge in [0.15, 0.2) is 0 Å². The summed E-state index contributed by atoms with van der Waals surface area (Å²) in [4.78, 5) is 14.0. The fourth-order valence-electron chi connectivity index (χ4n) is 2.56. The average Bonchev–Trinajstić information content (AvgIpc) is 2.46. The predicted octanol–water partition coefficient (Wildman–Crippen LogP) is 5.89. The number of hydrogen-bond donors (Lipinski definition) is 0. The summed E-state index contributed by atoms with van der Waals surface area (Å²) in [5, 5.41) is 0.671. The van der Waals surface area contributed by atoms with Crippen molar-refractivity contribution < 1.29 is 9.53 Å². The van der Waals surface area contributed by atoms with Crippen LogP contribution in [-0.2, 0) is 5.41 Å². The van der Waals surface area contributed by atoms with Crippen molar-refractivity contribution in [2.45, 2.75) is 40.0 Å². The Hall–Kier alpha value is -2.00. The van der Waals surface area contributed by atoms with E-state index in [2.05, 4.69) is 26.8 Å². The second-order valence-electron chi connectivity index (χ2n) is 7.16. The van der Waals surface area contributed by atoms with Crippen LogP contribution >= 0.6 is 11.6 Å². The fraction of sp³-hybridized carbons (Fsp3) is 0.350. The van der Waals surface area contributed by atoms with Gasteiger partial charge in [-0.25, -0.2) is 4.79 Å². The summed E-state index contributed by atoms with van der Waals surface area (Å²) >= 11 is 6.26. The van der Waals surface area contributed by atoms with Crippen molar-refractivity contribution in [3.8, 4) is 5.75 Å². The number of amides is 1. The predicted molar refractivity (Wildman–Crippen MR) is 100 cm³/mol. The lowest BCUT2D eigenvalue weighted by Gasteiger charge is -2.22. The average molecular weight is 346 g/mol. The highest BCUT2D eigenvalue weighted by molar-refractivity contribution is 6.31. The van der Waals surface area contributed by atoms with E-state index in [9.17, 15) is 4.79 Å². The van der Waals surface area contributed by atoms with Crippen LogP contribution in [0, 0.1) is 13.8 Å². The molecular formula is C20H24ClNO2. The number of benzene rings is 2. The summed E-state index contributed by atoms with van der Waals surface area (Å²) in [6.45, 7) is 10.2. The molecule has 0 unspecified atom stereocenters. The number of rotatable bonds is 2. The minimum atomic E-state index is -0.429. The number of carbonyl (C=O) groups is 1. The third-order valence-electron chi connectivity index (χ3n) is 3.82. The zero-order valence-electron chi connectivity index (χ0n) is 15.1. The van der Waals surface area contributed by atoms with Crippen molar-refractivity contribution in [2.24, 2.45) is 0 Å². The van der Waals surface area contributed by atoms with Crippen molar-refractivity contribution in [2.75, 3.05) is 11.9 Å². The lowest BCUT2D eigenvalue weighted by molar-refractivity contribution is 0.209. The van der Waals surface area contributed by atoms with E-state index in [1.165, 1.54) is 4.90 Å². The van der Waals surface area contributed by atoms with Gasteiger partial charge < -0.3 is 4.74 Å². The normalized spacial score (nSPS) is 11.3. The molecule has 24 heavy (non-hydrogen) atoms. The summed E-state index contributed by atoms with van der Waals surface area (Å²) in [6.07, 6.45) is -0.429. The molecule has 0 radical (unpaired) electrons. The van der Waals surface area contributed by atoms with Gasteiger partial charge in [0.2, 0.25) is 0 Å². The van der Waals surface area contributed by atoms with Gasteiger partial charge in [0, 0.05) is 17.8 Å². The Balaban J connectivity index is 2.23. The second-order valence-corrected chi connectivity index (χ2v) is 7.57. The maximum atomic E-state index is 12.5. The van der Waals surface area contributed by atoms with Crippen molar-refractivity contribution >= 4 is 23.4 Å². The number of nitrogens with zero attached hydrogens (tertiary/aromatic N) is 1. The zero-order valence-corrected chi connectivity index (χ0v) is 15.9. The number of anilines is 1. The summed E-state index contributed by atoms with van der Waals surface area (Å²) in [5.41, 5.74) is 3.84. The van der Waals surface area contributed by atoms with Crippen LogP contribution < -0.4 is 9.64 Å². The van der Waals surface area contributed by atoms with Gasteiger partial charge in [0.1, 0.15) is 5.75 Å². The first-order valence-electron chi connectivity index (χ1n) is 7.92. The van der Waals surface area contributed by atoms with Crippen molar-refractivity contribution in [3.05, 3.63) is 58.1 Å².